The van der Waals surface area contributed by atoms with E-state index in [1.807, 2.05) is 0 Å². The number of hydrogen-bond donors (Lipinski definition) is 1. The lowest BCUT2D eigenvalue weighted by atomic mass is 9.89. The minimum Gasteiger partial charge on any atom is -0.320 e. The number of hydrogen-bond acceptors (Lipinski definition) is 1. The summed E-state index contributed by atoms with van der Waals surface area (Å²) in [5, 5.41) is 0. The quantitative estimate of drug-likeness (QED) is 0.811. The van der Waals surface area contributed by atoms with Crippen LogP contribution in [0.2, 0.25) is 0 Å². The molecule has 0 aliphatic carbocycles. The normalized spacial score (nSPS) is 13.3. The molecule has 0 spiro atoms. The average molecular weight is 297 g/mol. The Morgan fingerprint density at radius 3 is 2.05 bits per heavy atom. The molecule has 2 aromatic rings. The van der Waals surface area contributed by atoms with Crippen LogP contribution in [-0.4, -0.2) is 0 Å². The second-order valence-electron chi connectivity index (χ2n) is 5.02. The van der Waals surface area contributed by atoms with E-state index in [0.717, 1.165) is 6.07 Å². The number of alkyl halides is 3. The number of benzene rings is 2. The standard InChI is InChI=1S/C16H15F4N/c1-9-7-11(17)8-10(2)14(9)15(21)12-5-3-4-6-13(12)16(18,19)20/h3-8,15H,21H2,1-2H3. The van der Waals surface area contributed by atoms with Crippen molar-refractivity contribution >= 4 is 0 Å². The molecule has 0 aromatic heterocycles. The minimum atomic E-state index is -4.48. The molecule has 0 heterocycles. The zero-order valence-electron chi connectivity index (χ0n) is 11.6. The molecule has 0 bridgehead atoms. The third-order valence-electron chi connectivity index (χ3n) is 3.47. The highest BCUT2D eigenvalue weighted by Crippen LogP contribution is 2.37. The summed E-state index contributed by atoms with van der Waals surface area (Å²) in [6, 6.07) is 6.79. The van der Waals surface area contributed by atoms with Crippen LogP contribution >= 0.6 is 0 Å². The van der Waals surface area contributed by atoms with E-state index in [4.69, 9.17) is 5.73 Å². The zero-order chi connectivity index (χ0) is 15.8. The van der Waals surface area contributed by atoms with Crippen molar-refractivity contribution in [2.24, 2.45) is 5.73 Å². The minimum absolute atomic E-state index is 0.0113. The van der Waals surface area contributed by atoms with E-state index in [1.54, 1.807) is 13.8 Å². The van der Waals surface area contributed by atoms with Crippen molar-refractivity contribution in [1.29, 1.82) is 0 Å². The number of rotatable bonds is 2. The van der Waals surface area contributed by atoms with Crippen LogP contribution in [0.1, 0.15) is 33.9 Å². The monoisotopic (exact) mass is 297 g/mol. The highest BCUT2D eigenvalue weighted by molar-refractivity contribution is 5.45. The Morgan fingerprint density at radius 2 is 1.52 bits per heavy atom. The molecule has 0 aliphatic rings. The Hall–Kier alpha value is -1.88. The van der Waals surface area contributed by atoms with Crippen molar-refractivity contribution in [3.63, 3.8) is 0 Å². The molecule has 2 aromatic carbocycles. The molecule has 0 radical (unpaired) electrons. The molecular formula is C16H15F4N. The SMILES string of the molecule is Cc1cc(F)cc(C)c1C(N)c1ccccc1C(F)(F)F. The van der Waals surface area contributed by atoms with Gasteiger partial charge in [0.15, 0.2) is 0 Å². The summed E-state index contributed by atoms with van der Waals surface area (Å²) in [5.41, 5.74) is 6.87. The van der Waals surface area contributed by atoms with Crippen molar-refractivity contribution in [2.45, 2.75) is 26.1 Å². The summed E-state index contributed by atoms with van der Waals surface area (Å²) >= 11 is 0. The Morgan fingerprint density at radius 1 is 1.00 bits per heavy atom. The Balaban J connectivity index is 2.59. The third-order valence-corrected chi connectivity index (χ3v) is 3.47. The maximum atomic E-state index is 13.3. The van der Waals surface area contributed by atoms with Crippen LogP contribution in [0.15, 0.2) is 36.4 Å². The smallest absolute Gasteiger partial charge is 0.320 e. The molecule has 1 unspecified atom stereocenters. The molecular weight excluding hydrogens is 282 g/mol. The second-order valence-corrected chi connectivity index (χ2v) is 5.02. The fourth-order valence-electron chi connectivity index (χ4n) is 2.59. The van der Waals surface area contributed by atoms with Crippen LogP contribution < -0.4 is 5.73 Å². The third kappa shape index (κ3) is 3.08. The van der Waals surface area contributed by atoms with Gasteiger partial charge in [0.25, 0.3) is 0 Å². The van der Waals surface area contributed by atoms with Crippen molar-refractivity contribution in [2.75, 3.05) is 0 Å². The highest BCUT2D eigenvalue weighted by Gasteiger charge is 2.35. The van der Waals surface area contributed by atoms with Gasteiger partial charge < -0.3 is 5.73 Å². The summed E-state index contributed by atoms with van der Waals surface area (Å²) in [6.07, 6.45) is -4.48. The predicted octanol–water partition coefficient (Wildman–Crippen LogP) is 4.51. The Kier molecular flexibility index (Phi) is 4.05. The summed E-state index contributed by atoms with van der Waals surface area (Å²) < 4.78 is 52.5. The van der Waals surface area contributed by atoms with Gasteiger partial charge in [0, 0.05) is 0 Å². The summed E-state index contributed by atoms with van der Waals surface area (Å²) in [6.45, 7) is 3.28. The van der Waals surface area contributed by atoms with Crippen LogP contribution in [-0.2, 0) is 6.18 Å². The van der Waals surface area contributed by atoms with E-state index in [9.17, 15) is 17.6 Å². The maximum Gasteiger partial charge on any atom is 0.416 e. The molecule has 0 amide bonds. The summed E-state index contributed by atoms with van der Waals surface area (Å²) in [5.74, 6) is -0.426. The van der Waals surface area contributed by atoms with Crippen LogP contribution in [0.3, 0.4) is 0 Å². The fourth-order valence-corrected chi connectivity index (χ4v) is 2.59. The molecule has 1 atom stereocenters. The second kappa shape index (κ2) is 5.48. The molecule has 0 aliphatic heterocycles. The molecule has 0 saturated carbocycles. The van der Waals surface area contributed by atoms with Gasteiger partial charge in [0.2, 0.25) is 0 Å². The summed E-state index contributed by atoms with van der Waals surface area (Å²) in [7, 11) is 0. The zero-order valence-corrected chi connectivity index (χ0v) is 11.6. The van der Waals surface area contributed by atoms with Gasteiger partial charge in [0.1, 0.15) is 5.82 Å². The molecule has 5 heteroatoms. The van der Waals surface area contributed by atoms with Crippen molar-refractivity contribution in [3.8, 4) is 0 Å². The van der Waals surface area contributed by atoms with E-state index in [1.165, 1.54) is 30.3 Å². The Labute approximate surface area is 120 Å². The van der Waals surface area contributed by atoms with Gasteiger partial charge in [0.05, 0.1) is 11.6 Å². The van der Waals surface area contributed by atoms with E-state index in [-0.39, 0.29) is 5.56 Å². The maximum absolute atomic E-state index is 13.3. The van der Waals surface area contributed by atoms with Crippen molar-refractivity contribution < 1.29 is 17.6 Å². The van der Waals surface area contributed by atoms with Gasteiger partial charge in [-0.1, -0.05) is 18.2 Å². The van der Waals surface area contributed by atoms with E-state index < -0.39 is 23.6 Å². The van der Waals surface area contributed by atoms with Gasteiger partial charge in [-0.05, 0) is 54.3 Å². The molecule has 2 N–H and O–H groups in total. The topological polar surface area (TPSA) is 26.0 Å². The molecule has 0 fully saturated rings. The first kappa shape index (κ1) is 15.5. The van der Waals surface area contributed by atoms with E-state index in [0.29, 0.717) is 16.7 Å². The molecule has 2 rings (SSSR count). The van der Waals surface area contributed by atoms with Gasteiger partial charge in [-0.15, -0.1) is 0 Å². The predicted molar refractivity (Wildman–Crippen MR) is 73.3 cm³/mol. The molecule has 1 nitrogen and oxygen atoms in total. The van der Waals surface area contributed by atoms with Crippen LogP contribution in [0.4, 0.5) is 17.6 Å². The van der Waals surface area contributed by atoms with Gasteiger partial charge in [-0.2, -0.15) is 13.2 Å². The van der Waals surface area contributed by atoms with Gasteiger partial charge in [-0.25, -0.2) is 4.39 Å². The number of aryl methyl sites for hydroxylation is 2. The van der Waals surface area contributed by atoms with Crippen molar-refractivity contribution in [1.82, 2.24) is 0 Å². The largest absolute Gasteiger partial charge is 0.416 e. The van der Waals surface area contributed by atoms with Crippen molar-refractivity contribution in [3.05, 3.63) is 70.0 Å². The number of nitrogens with two attached hydrogens (primary N) is 1. The lowest BCUT2D eigenvalue weighted by Crippen LogP contribution is -2.20. The summed E-state index contributed by atoms with van der Waals surface area (Å²) in [4.78, 5) is 0. The highest BCUT2D eigenvalue weighted by atomic mass is 19.4. The molecule has 112 valence electrons. The van der Waals surface area contributed by atoms with E-state index in [2.05, 4.69) is 0 Å². The first-order valence-corrected chi connectivity index (χ1v) is 6.40. The lowest BCUT2D eigenvalue weighted by Gasteiger charge is -2.22. The Bertz CT molecular complexity index is 639. The lowest BCUT2D eigenvalue weighted by molar-refractivity contribution is -0.138. The van der Waals surface area contributed by atoms with Crippen LogP contribution in [0.25, 0.3) is 0 Å². The van der Waals surface area contributed by atoms with Gasteiger partial charge >= 0.3 is 6.18 Å². The van der Waals surface area contributed by atoms with Crippen LogP contribution in [0, 0.1) is 19.7 Å². The average Bonchev–Trinajstić information content (AvgIpc) is 2.36. The molecule has 0 saturated heterocycles. The van der Waals surface area contributed by atoms with Gasteiger partial charge in [-0.3, -0.25) is 0 Å². The van der Waals surface area contributed by atoms with Crippen LogP contribution in [0.5, 0.6) is 0 Å². The molecule has 21 heavy (non-hydrogen) atoms. The number of halogens is 4. The fraction of sp³-hybridized carbons (Fsp3) is 0.250. The first-order chi connectivity index (χ1) is 9.71. The first-order valence-electron chi connectivity index (χ1n) is 6.40. The van der Waals surface area contributed by atoms with E-state index >= 15 is 0 Å².